The summed E-state index contributed by atoms with van der Waals surface area (Å²) in [4.78, 5) is 2.69. The first-order valence-corrected chi connectivity index (χ1v) is 6.48. The summed E-state index contributed by atoms with van der Waals surface area (Å²) < 4.78 is 0. The lowest BCUT2D eigenvalue weighted by atomic mass is 9.74. The number of fused-ring (bicyclic) bond motifs is 3. The van der Waals surface area contributed by atoms with Gasteiger partial charge in [-0.25, -0.2) is 0 Å². The Kier molecular flexibility index (Phi) is 2.32. The van der Waals surface area contributed by atoms with Gasteiger partial charge in [-0.2, -0.15) is 0 Å². The van der Waals surface area contributed by atoms with E-state index in [0.717, 1.165) is 0 Å². The standard InChI is InChI=1S/C15H21N/c1-15(2)8-10-16-9-7-12-5-3-4-6-13(12)14(16)11-15/h3-6,14H,7-11H2,1-2H3. The molecular formula is C15H21N. The highest BCUT2D eigenvalue weighted by Gasteiger charge is 2.36. The molecule has 0 bridgehead atoms. The number of benzene rings is 1. The van der Waals surface area contributed by atoms with Crippen LogP contribution in [0, 0.1) is 5.41 Å². The molecule has 0 radical (unpaired) electrons. The smallest absolute Gasteiger partial charge is 0.0356 e. The summed E-state index contributed by atoms with van der Waals surface area (Å²) in [5, 5.41) is 0. The van der Waals surface area contributed by atoms with E-state index >= 15 is 0 Å². The maximum atomic E-state index is 2.69. The van der Waals surface area contributed by atoms with Crippen LogP contribution in [0.2, 0.25) is 0 Å². The second-order valence-electron chi connectivity index (χ2n) is 6.12. The summed E-state index contributed by atoms with van der Waals surface area (Å²) in [6.45, 7) is 7.38. The number of rotatable bonds is 0. The number of hydrogen-bond acceptors (Lipinski definition) is 1. The van der Waals surface area contributed by atoms with Gasteiger partial charge in [0.15, 0.2) is 0 Å². The minimum absolute atomic E-state index is 0.519. The molecule has 0 saturated carbocycles. The minimum atomic E-state index is 0.519. The quantitative estimate of drug-likeness (QED) is 0.641. The molecule has 3 rings (SSSR count). The molecule has 0 aromatic heterocycles. The van der Waals surface area contributed by atoms with Crippen molar-refractivity contribution in [3.05, 3.63) is 35.4 Å². The van der Waals surface area contributed by atoms with Crippen molar-refractivity contribution < 1.29 is 0 Å². The van der Waals surface area contributed by atoms with E-state index < -0.39 is 0 Å². The maximum absolute atomic E-state index is 2.69. The Morgan fingerprint density at radius 3 is 2.88 bits per heavy atom. The molecule has 0 N–H and O–H groups in total. The highest BCUT2D eigenvalue weighted by molar-refractivity contribution is 5.33. The SMILES string of the molecule is CC1(C)CCN2CCc3ccccc3C2C1. The fourth-order valence-electron chi connectivity index (χ4n) is 3.28. The Hall–Kier alpha value is -0.820. The molecule has 2 aliphatic rings. The Bertz CT molecular complexity index is 394. The molecule has 0 amide bonds. The molecule has 1 fully saturated rings. The van der Waals surface area contributed by atoms with E-state index in [-0.39, 0.29) is 0 Å². The molecule has 2 aliphatic heterocycles. The van der Waals surface area contributed by atoms with E-state index in [0.29, 0.717) is 11.5 Å². The second-order valence-corrected chi connectivity index (χ2v) is 6.12. The minimum Gasteiger partial charge on any atom is -0.296 e. The van der Waals surface area contributed by atoms with Crippen LogP contribution in [-0.4, -0.2) is 18.0 Å². The Morgan fingerprint density at radius 1 is 1.19 bits per heavy atom. The molecule has 86 valence electrons. The molecular weight excluding hydrogens is 194 g/mol. The van der Waals surface area contributed by atoms with Gasteiger partial charge in [0.25, 0.3) is 0 Å². The van der Waals surface area contributed by atoms with Gasteiger partial charge >= 0.3 is 0 Å². The first-order valence-electron chi connectivity index (χ1n) is 6.48. The third-order valence-electron chi connectivity index (χ3n) is 4.34. The summed E-state index contributed by atoms with van der Waals surface area (Å²) in [5.41, 5.74) is 3.70. The van der Waals surface area contributed by atoms with Crippen LogP contribution in [0.25, 0.3) is 0 Å². The fraction of sp³-hybridized carbons (Fsp3) is 0.600. The van der Waals surface area contributed by atoms with E-state index in [1.54, 1.807) is 11.1 Å². The molecule has 2 heterocycles. The predicted octanol–water partition coefficient (Wildman–Crippen LogP) is 3.41. The van der Waals surface area contributed by atoms with Gasteiger partial charge < -0.3 is 0 Å². The molecule has 1 nitrogen and oxygen atoms in total. The lowest BCUT2D eigenvalue weighted by molar-refractivity contribution is 0.0630. The van der Waals surface area contributed by atoms with Crippen molar-refractivity contribution in [1.82, 2.24) is 4.90 Å². The normalized spacial score (nSPS) is 28.2. The summed E-state index contributed by atoms with van der Waals surface area (Å²) in [5.74, 6) is 0. The van der Waals surface area contributed by atoms with Crippen LogP contribution in [0.15, 0.2) is 24.3 Å². The molecule has 16 heavy (non-hydrogen) atoms. The van der Waals surface area contributed by atoms with Gasteiger partial charge in [0, 0.05) is 12.6 Å². The van der Waals surface area contributed by atoms with Crippen molar-refractivity contribution in [2.75, 3.05) is 13.1 Å². The van der Waals surface area contributed by atoms with Gasteiger partial charge in [-0.15, -0.1) is 0 Å². The highest BCUT2D eigenvalue weighted by Crippen LogP contribution is 2.44. The molecule has 1 saturated heterocycles. The third-order valence-corrected chi connectivity index (χ3v) is 4.34. The first-order chi connectivity index (χ1) is 7.66. The summed E-state index contributed by atoms with van der Waals surface area (Å²) in [6.07, 6.45) is 3.92. The molecule has 1 heteroatoms. The molecule has 1 aromatic carbocycles. The van der Waals surface area contributed by atoms with Crippen molar-refractivity contribution in [2.45, 2.75) is 39.2 Å². The van der Waals surface area contributed by atoms with E-state index in [4.69, 9.17) is 0 Å². The lowest BCUT2D eigenvalue weighted by Crippen LogP contribution is -2.43. The van der Waals surface area contributed by atoms with Crippen LogP contribution >= 0.6 is 0 Å². The molecule has 0 spiro atoms. The van der Waals surface area contributed by atoms with Crippen molar-refractivity contribution >= 4 is 0 Å². The van der Waals surface area contributed by atoms with Gasteiger partial charge in [0.1, 0.15) is 0 Å². The Morgan fingerprint density at radius 2 is 2.00 bits per heavy atom. The fourth-order valence-corrected chi connectivity index (χ4v) is 3.28. The zero-order chi connectivity index (χ0) is 11.2. The molecule has 1 unspecified atom stereocenters. The highest BCUT2D eigenvalue weighted by atomic mass is 15.2. The van der Waals surface area contributed by atoms with Gasteiger partial charge in [-0.1, -0.05) is 38.1 Å². The van der Waals surface area contributed by atoms with Gasteiger partial charge in [-0.05, 0) is 42.3 Å². The van der Waals surface area contributed by atoms with Crippen LogP contribution in [0.4, 0.5) is 0 Å². The van der Waals surface area contributed by atoms with Crippen LogP contribution in [0.1, 0.15) is 43.9 Å². The Balaban J connectivity index is 1.97. The van der Waals surface area contributed by atoms with Crippen molar-refractivity contribution in [3.8, 4) is 0 Å². The van der Waals surface area contributed by atoms with E-state index in [1.165, 1.54) is 32.4 Å². The third kappa shape index (κ3) is 1.67. The van der Waals surface area contributed by atoms with Crippen molar-refractivity contribution in [1.29, 1.82) is 0 Å². The number of nitrogens with zero attached hydrogens (tertiary/aromatic N) is 1. The number of hydrogen-bond donors (Lipinski definition) is 0. The van der Waals surface area contributed by atoms with Crippen molar-refractivity contribution in [3.63, 3.8) is 0 Å². The van der Waals surface area contributed by atoms with Gasteiger partial charge in [0.2, 0.25) is 0 Å². The van der Waals surface area contributed by atoms with Crippen molar-refractivity contribution in [2.24, 2.45) is 5.41 Å². The van der Waals surface area contributed by atoms with Gasteiger partial charge in [0.05, 0.1) is 0 Å². The first kappa shape index (κ1) is 10.3. The Labute approximate surface area is 98.5 Å². The monoisotopic (exact) mass is 215 g/mol. The zero-order valence-electron chi connectivity index (χ0n) is 10.4. The van der Waals surface area contributed by atoms with Crippen LogP contribution in [0.3, 0.4) is 0 Å². The summed E-state index contributed by atoms with van der Waals surface area (Å²) in [7, 11) is 0. The zero-order valence-corrected chi connectivity index (χ0v) is 10.4. The largest absolute Gasteiger partial charge is 0.296 e. The predicted molar refractivity (Wildman–Crippen MR) is 67.5 cm³/mol. The van der Waals surface area contributed by atoms with E-state index in [2.05, 4.69) is 43.0 Å². The topological polar surface area (TPSA) is 3.24 Å². The molecule has 1 atom stereocenters. The van der Waals surface area contributed by atoms with Crippen LogP contribution in [0.5, 0.6) is 0 Å². The number of piperidine rings is 1. The van der Waals surface area contributed by atoms with Gasteiger partial charge in [-0.3, -0.25) is 4.90 Å². The second kappa shape index (κ2) is 3.59. The molecule has 1 aromatic rings. The lowest BCUT2D eigenvalue weighted by Gasteiger charge is -2.46. The average Bonchev–Trinajstić information content (AvgIpc) is 2.28. The van der Waals surface area contributed by atoms with E-state index in [9.17, 15) is 0 Å². The molecule has 0 aliphatic carbocycles. The average molecular weight is 215 g/mol. The summed E-state index contributed by atoms with van der Waals surface area (Å²) >= 11 is 0. The maximum Gasteiger partial charge on any atom is 0.0356 e. The summed E-state index contributed by atoms with van der Waals surface area (Å²) in [6, 6.07) is 9.72. The van der Waals surface area contributed by atoms with Crippen LogP contribution < -0.4 is 0 Å². The van der Waals surface area contributed by atoms with Crippen LogP contribution in [-0.2, 0) is 6.42 Å². The van der Waals surface area contributed by atoms with E-state index in [1.807, 2.05) is 0 Å².